The summed E-state index contributed by atoms with van der Waals surface area (Å²) in [6, 6.07) is 7.40. The fourth-order valence-corrected chi connectivity index (χ4v) is 2.41. The van der Waals surface area contributed by atoms with Gasteiger partial charge in [0.1, 0.15) is 0 Å². The molecule has 1 aromatic rings. The lowest BCUT2D eigenvalue weighted by Crippen LogP contribution is -2.39. The minimum atomic E-state index is -0.134. The molecule has 0 saturated carbocycles. The zero-order chi connectivity index (χ0) is 15.7. The van der Waals surface area contributed by atoms with Gasteiger partial charge in [-0.2, -0.15) is 0 Å². The molecule has 21 heavy (non-hydrogen) atoms. The van der Waals surface area contributed by atoms with Crippen LogP contribution in [-0.4, -0.2) is 47.7 Å². The number of nitrogens with one attached hydrogen (secondary N) is 1. The lowest BCUT2D eigenvalue weighted by atomic mass is 10.2. The molecule has 0 aliphatic rings. The zero-order valence-corrected chi connectivity index (χ0v) is 13.3. The van der Waals surface area contributed by atoms with Gasteiger partial charge in [0.2, 0.25) is 11.8 Å². The van der Waals surface area contributed by atoms with Crippen molar-refractivity contribution in [1.29, 1.82) is 0 Å². The second-order valence-corrected chi connectivity index (χ2v) is 5.74. The van der Waals surface area contributed by atoms with Gasteiger partial charge in [-0.05, 0) is 24.1 Å². The van der Waals surface area contributed by atoms with Crippen molar-refractivity contribution >= 4 is 23.6 Å². The van der Waals surface area contributed by atoms with Crippen LogP contribution in [0.25, 0.3) is 0 Å². The van der Waals surface area contributed by atoms with Crippen LogP contribution in [0.3, 0.4) is 0 Å². The van der Waals surface area contributed by atoms with Crippen LogP contribution in [0.1, 0.15) is 18.9 Å². The Hall–Kier alpha value is -1.53. The second-order valence-electron chi connectivity index (χ2n) is 4.69. The third-order valence-corrected chi connectivity index (χ3v) is 3.84. The number of likely N-dealkylation sites (N-methyl/N-ethyl adjacent to an activating group) is 1. The van der Waals surface area contributed by atoms with Gasteiger partial charge in [0.05, 0.1) is 18.9 Å². The minimum Gasteiger partial charge on any atom is -0.392 e. The summed E-state index contributed by atoms with van der Waals surface area (Å²) in [5, 5.41) is 11.7. The number of carbonyl (C=O) groups is 2. The summed E-state index contributed by atoms with van der Waals surface area (Å²) in [5.41, 5.74) is 0.843. The molecule has 1 rings (SSSR count). The third-order valence-electron chi connectivity index (χ3n) is 2.85. The van der Waals surface area contributed by atoms with Crippen molar-refractivity contribution in [2.75, 3.05) is 25.9 Å². The van der Waals surface area contributed by atoms with Gasteiger partial charge in [-0.3, -0.25) is 9.59 Å². The summed E-state index contributed by atoms with van der Waals surface area (Å²) in [6.07, 6.45) is 0.878. The molecule has 0 bridgehead atoms. The molecule has 116 valence electrons. The summed E-state index contributed by atoms with van der Waals surface area (Å²) < 4.78 is 0. The highest BCUT2D eigenvalue weighted by molar-refractivity contribution is 8.00. The quantitative estimate of drug-likeness (QED) is 0.709. The Morgan fingerprint density at radius 2 is 1.95 bits per heavy atom. The first-order chi connectivity index (χ1) is 10.1. The van der Waals surface area contributed by atoms with Crippen molar-refractivity contribution < 1.29 is 14.7 Å². The van der Waals surface area contributed by atoms with Crippen LogP contribution in [0, 0.1) is 0 Å². The maximum Gasteiger partial charge on any atom is 0.239 e. The van der Waals surface area contributed by atoms with Gasteiger partial charge in [0, 0.05) is 18.5 Å². The highest BCUT2D eigenvalue weighted by atomic mass is 32.2. The van der Waals surface area contributed by atoms with E-state index < -0.39 is 0 Å². The Labute approximate surface area is 129 Å². The van der Waals surface area contributed by atoms with Crippen LogP contribution in [0.5, 0.6) is 0 Å². The number of hydrogen-bond acceptors (Lipinski definition) is 4. The first-order valence-electron chi connectivity index (χ1n) is 6.90. The van der Waals surface area contributed by atoms with Crippen molar-refractivity contribution in [3.63, 3.8) is 0 Å². The van der Waals surface area contributed by atoms with Crippen LogP contribution in [0.4, 0.5) is 0 Å². The molecule has 2 N–H and O–H groups in total. The molecule has 0 saturated heterocycles. The lowest BCUT2D eigenvalue weighted by Gasteiger charge is -2.16. The maximum absolute atomic E-state index is 11.9. The Morgan fingerprint density at radius 3 is 2.52 bits per heavy atom. The molecule has 0 aliphatic heterocycles. The van der Waals surface area contributed by atoms with E-state index >= 15 is 0 Å². The summed E-state index contributed by atoms with van der Waals surface area (Å²) in [5.74, 6) is 0.0682. The molecule has 1 aromatic carbocycles. The minimum absolute atomic E-state index is 0.0134. The Kier molecular flexibility index (Phi) is 7.85. The molecule has 6 heteroatoms. The number of benzene rings is 1. The van der Waals surface area contributed by atoms with E-state index in [-0.39, 0.29) is 30.7 Å². The Balaban J connectivity index is 2.36. The fraction of sp³-hybridized carbons (Fsp3) is 0.467. The maximum atomic E-state index is 11.9. The number of hydrogen-bond donors (Lipinski definition) is 2. The van der Waals surface area contributed by atoms with Crippen LogP contribution in [-0.2, 0) is 16.2 Å². The van der Waals surface area contributed by atoms with E-state index in [9.17, 15) is 9.59 Å². The molecule has 0 heterocycles. The van der Waals surface area contributed by atoms with E-state index in [1.54, 1.807) is 7.05 Å². The van der Waals surface area contributed by atoms with Crippen molar-refractivity contribution in [3.05, 3.63) is 29.8 Å². The van der Waals surface area contributed by atoms with E-state index in [2.05, 4.69) is 5.32 Å². The number of thioether (sulfide) groups is 1. The summed E-state index contributed by atoms with van der Waals surface area (Å²) >= 11 is 1.42. The molecule has 0 atom stereocenters. The topological polar surface area (TPSA) is 69.6 Å². The van der Waals surface area contributed by atoms with E-state index in [0.717, 1.165) is 16.9 Å². The predicted octanol–water partition coefficient (Wildman–Crippen LogP) is 1.26. The number of aliphatic hydroxyl groups excluding tert-OH is 1. The van der Waals surface area contributed by atoms with Crippen molar-refractivity contribution in [3.8, 4) is 0 Å². The van der Waals surface area contributed by atoms with Crippen LogP contribution in [0.2, 0.25) is 0 Å². The lowest BCUT2D eigenvalue weighted by molar-refractivity contribution is -0.132. The van der Waals surface area contributed by atoms with Crippen LogP contribution < -0.4 is 5.32 Å². The highest BCUT2D eigenvalue weighted by Gasteiger charge is 2.12. The van der Waals surface area contributed by atoms with Gasteiger partial charge in [-0.25, -0.2) is 0 Å². The second kappa shape index (κ2) is 9.41. The number of amides is 2. The summed E-state index contributed by atoms with van der Waals surface area (Å²) in [7, 11) is 1.63. The Morgan fingerprint density at radius 1 is 1.29 bits per heavy atom. The fourth-order valence-electron chi connectivity index (χ4n) is 1.57. The first kappa shape index (κ1) is 17.5. The molecule has 0 unspecified atom stereocenters. The molecule has 0 aliphatic carbocycles. The number of rotatable bonds is 8. The molecular formula is C15H22N2O3S. The van der Waals surface area contributed by atoms with Crippen molar-refractivity contribution in [1.82, 2.24) is 10.2 Å². The molecule has 0 radical (unpaired) electrons. The van der Waals surface area contributed by atoms with Crippen LogP contribution >= 0.6 is 11.8 Å². The molecule has 0 fully saturated rings. The first-order valence-corrected chi connectivity index (χ1v) is 7.88. The van der Waals surface area contributed by atoms with E-state index in [1.807, 2.05) is 31.2 Å². The number of nitrogens with zero attached hydrogens (tertiary/aromatic N) is 1. The molecule has 2 amide bonds. The van der Waals surface area contributed by atoms with Gasteiger partial charge in [-0.15, -0.1) is 11.8 Å². The average Bonchev–Trinajstić information content (AvgIpc) is 2.50. The monoisotopic (exact) mass is 310 g/mol. The average molecular weight is 310 g/mol. The van der Waals surface area contributed by atoms with Crippen molar-refractivity contribution in [2.24, 2.45) is 0 Å². The van der Waals surface area contributed by atoms with E-state index in [1.165, 1.54) is 16.7 Å². The van der Waals surface area contributed by atoms with E-state index in [0.29, 0.717) is 6.54 Å². The largest absolute Gasteiger partial charge is 0.392 e. The summed E-state index contributed by atoms with van der Waals surface area (Å²) in [4.78, 5) is 25.9. The van der Waals surface area contributed by atoms with Gasteiger partial charge in [0.15, 0.2) is 0 Å². The normalized spacial score (nSPS) is 10.2. The van der Waals surface area contributed by atoms with Gasteiger partial charge in [0.25, 0.3) is 0 Å². The van der Waals surface area contributed by atoms with Crippen LogP contribution in [0.15, 0.2) is 29.2 Å². The Bertz CT molecular complexity index is 462. The predicted molar refractivity (Wildman–Crippen MR) is 84.0 cm³/mol. The zero-order valence-electron chi connectivity index (χ0n) is 12.5. The molecule has 0 aromatic heterocycles. The van der Waals surface area contributed by atoms with E-state index in [4.69, 9.17) is 5.11 Å². The third kappa shape index (κ3) is 6.64. The standard InChI is InChI=1S/C15H22N2O3S/c1-3-8-16-14(19)9-17(2)15(20)11-21-13-6-4-12(10-18)5-7-13/h4-7,18H,3,8-11H2,1-2H3,(H,16,19). The van der Waals surface area contributed by atoms with Gasteiger partial charge in [-0.1, -0.05) is 19.1 Å². The smallest absolute Gasteiger partial charge is 0.239 e. The number of carbonyl (C=O) groups excluding carboxylic acids is 2. The molecule has 5 nitrogen and oxygen atoms in total. The number of aliphatic hydroxyl groups is 1. The molecular weight excluding hydrogens is 288 g/mol. The van der Waals surface area contributed by atoms with Gasteiger partial charge >= 0.3 is 0 Å². The SMILES string of the molecule is CCCNC(=O)CN(C)C(=O)CSc1ccc(CO)cc1. The highest BCUT2D eigenvalue weighted by Crippen LogP contribution is 2.18. The summed E-state index contributed by atoms with van der Waals surface area (Å²) in [6.45, 7) is 2.71. The van der Waals surface area contributed by atoms with Crippen molar-refractivity contribution in [2.45, 2.75) is 24.8 Å². The van der Waals surface area contributed by atoms with Gasteiger partial charge < -0.3 is 15.3 Å². The molecule has 0 spiro atoms.